The van der Waals surface area contributed by atoms with Gasteiger partial charge in [-0.3, -0.25) is 4.79 Å². The van der Waals surface area contributed by atoms with Crippen LogP contribution in [0.2, 0.25) is 5.02 Å². The maximum absolute atomic E-state index is 12.9. The van der Waals surface area contributed by atoms with Crippen LogP contribution in [0, 0.1) is 0 Å². The van der Waals surface area contributed by atoms with Crippen molar-refractivity contribution >= 4 is 28.8 Å². The van der Waals surface area contributed by atoms with Gasteiger partial charge in [0.15, 0.2) is 11.5 Å². The second-order valence-electron chi connectivity index (χ2n) is 7.70. The summed E-state index contributed by atoms with van der Waals surface area (Å²) >= 11 is 7.18. The van der Waals surface area contributed by atoms with E-state index in [1.807, 2.05) is 18.2 Å². The van der Waals surface area contributed by atoms with Gasteiger partial charge in [0.1, 0.15) is 17.3 Å². The van der Waals surface area contributed by atoms with Gasteiger partial charge in [0.2, 0.25) is 0 Å². The summed E-state index contributed by atoms with van der Waals surface area (Å²) < 4.78 is 50.0. The first-order valence-electron chi connectivity index (χ1n) is 10.7. The van der Waals surface area contributed by atoms with Crippen molar-refractivity contribution in [3.05, 3.63) is 99.5 Å². The highest BCUT2D eigenvalue weighted by atomic mass is 35.5. The number of alkyl halides is 3. The van der Waals surface area contributed by atoms with Gasteiger partial charge in [-0.15, -0.1) is 11.3 Å². The number of carbonyl (C=O) groups excluding carboxylic acids is 1. The number of hydrogen-bond donors (Lipinski definition) is 1. The first-order chi connectivity index (χ1) is 17.2. The second kappa shape index (κ2) is 11.0. The van der Waals surface area contributed by atoms with Crippen LogP contribution in [-0.2, 0) is 19.3 Å². The standard InChI is InChI=1S/C26H20ClF3N2O3S/c1-34-23-12-18(7-10-22(23)35-14-16-5-8-20(27)9-6-16)25-32-21(15-36-25)24(33)31-13-17-3-2-4-19(11-17)26(28,29)30/h2-12,15H,13-14H2,1H3,(H,31,33). The zero-order chi connectivity index (χ0) is 25.7. The minimum Gasteiger partial charge on any atom is -0.493 e. The number of nitrogens with one attached hydrogen (secondary N) is 1. The number of aromatic nitrogens is 1. The summed E-state index contributed by atoms with van der Waals surface area (Å²) in [5.74, 6) is 0.573. The number of ether oxygens (including phenoxy) is 2. The number of hydrogen-bond acceptors (Lipinski definition) is 5. The highest BCUT2D eigenvalue weighted by Gasteiger charge is 2.30. The first kappa shape index (κ1) is 25.5. The molecule has 0 aliphatic heterocycles. The maximum atomic E-state index is 12.9. The third kappa shape index (κ3) is 6.35. The normalized spacial score (nSPS) is 11.2. The quantitative estimate of drug-likeness (QED) is 0.265. The molecule has 1 heterocycles. The van der Waals surface area contributed by atoms with E-state index in [0.29, 0.717) is 33.7 Å². The number of amides is 1. The van der Waals surface area contributed by atoms with Crippen LogP contribution in [0.1, 0.15) is 27.2 Å². The Bertz CT molecular complexity index is 1360. The van der Waals surface area contributed by atoms with Crippen molar-refractivity contribution in [3.63, 3.8) is 0 Å². The van der Waals surface area contributed by atoms with Crippen molar-refractivity contribution in [2.75, 3.05) is 7.11 Å². The Labute approximate surface area is 214 Å². The molecule has 1 aromatic heterocycles. The van der Waals surface area contributed by atoms with Crippen molar-refractivity contribution in [3.8, 4) is 22.1 Å². The Kier molecular flexibility index (Phi) is 7.81. The Balaban J connectivity index is 1.41. The van der Waals surface area contributed by atoms with E-state index < -0.39 is 17.6 Å². The highest BCUT2D eigenvalue weighted by Crippen LogP contribution is 2.34. The summed E-state index contributed by atoms with van der Waals surface area (Å²) in [6.45, 7) is 0.281. The zero-order valence-electron chi connectivity index (χ0n) is 18.9. The molecule has 0 aliphatic carbocycles. The number of halogens is 4. The molecule has 36 heavy (non-hydrogen) atoms. The van der Waals surface area contributed by atoms with Crippen LogP contribution >= 0.6 is 22.9 Å². The molecule has 0 bridgehead atoms. The largest absolute Gasteiger partial charge is 0.493 e. The number of rotatable bonds is 8. The summed E-state index contributed by atoms with van der Waals surface area (Å²) in [7, 11) is 1.53. The third-order valence-corrected chi connectivity index (χ3v) is 6.31. The lowest BCUT2D eigenvalue weighted by Gasteiger charge is -2.12. The fraction of sp³-hybridized carbons (Fsp3) is 0.154. The predicted molar refractivity (Wildman–Crippen MR) is 133 cm³/mol. The highest BCUT2D eigenvalue weighted by molar-refractivity contribution is 7.13. The zero-order valence-corrected chi connectivity index (χ0v) is 20.5. The van der Waals surface area contributed by atoms with Gasteiger partial charge in [-0.05, 0) is 53.6 Å². The van der Waals surface area contributed by atoms with E-state index in [1.165, 1.54) is 30.6 Å². The Morgan fingerprint density at radius 3 is 2.53 bits per heavy atom. The molecule has 10 heteroatoms. The van der Waals surface area contributed by atoms with Crippen LogP contribution < -0.4 is 14.8 Å². The van der Waals surface area contributed by atoms with Crippen molar-refractivity contribution < 1.29 is 27.4 Å². The van der Waals surface area contributed by atoms with Crippen molar-refractivity contribution in [2.45, 2.75) is 19.3 Å². The number of methoxy groups -OCH3 is 1. The molecular weight excluding hydrogens is 513 g/mol. The molecule has 0 saturated carbocycles. The van der Waals surface area contributed by atoms with Gasteiger partial charge in [-0.25, -0.2) is 4.98 Å². The molecule has 0 spiro atoms. The molecule has 0 radical (unpaired) electrons. The van der Waals surface area contributed by atoms with E-state index in [2.05, 4.69) is 10.3 Å². The van der Waals surface area contributed by atoms with Crippen LogP contribution in [0.4, 0.5) is 13.2 Å². The fourth-order valence-corrected chi connectivity index (χ4v) is 4.23. The summed E-state index contributed by atoms with van der Waals surface area (Å²) in [6.07, 6.45) is -4.44. The lowest BCUT2D eigenvalue weighted by atomic mass is 10.1. The molecule has 1 N–H and O–H groups in total. The maximum Gasteiger partial charge on any atom is 0.416 e. The van der Waals surface area contributed by atoms with E-state index >= 15 is 0 Å². The summed E-state index contributed by atoms with van der Waals surface area (Å²) in [6, 6.07) is 17.5. The molecule has 0 atom stereocenters. The van der Waals surface area contributed by atoms with Gasteiger partial charge in [-0.2, -0.15) is 13.2 Å². The van der Waals surface area contributed by atoms with E-state index in [1.54, 1.807) is 29.6 Å². The Hall–Kier alpha value is -3.56. The smallest absolute Gasteiger partial charge is 0.416 e. The monoisotopic (exact) mass is 532 g/mol. The van der Waals surface area contributed by atoms with Crippen molar-refractivity contribution in [1.29, 1.82) is 0 Å². The van der Waals surface area contributed by atoms with E-state index in [-0.39, 0.29) is 12.2 Å². The van der Waals surface area contributed by atoms with Gasteiger partial charge in [0, 0.05) is 22.5 Å². The summed E-state index contributed by atoms with van der Waals surface area (Å²) in [5, 5.41) is 5.43. The van der Waals surface area contributed by atoms with Gasteiger partial charge in [-0.1, -0.05) is 35.9 Å². The first-order valence-corrected chi connectivity index (χ1v) is 11.9. The molecule has 4 rings (SSSR count). The van der Waals surface area contributed by atoms with Crippen LogP contribution in [0.3, 0.4) is 0 Å². The molecule has 0 aliphatic rings. The summed E-state index contributed by atoms with van der Waals surface area (Å²) in [4.78, 5) is 16.9. The number of nitrogens with zero attached hydrogens (tertiary/aromatic N) is 1. The van der Waals surface area contributed by atoms with Crippen LogP contribution in [0.25, 0.3) is 10.6 Å². The molecule has 4 aromatic rings. The lowest BCUT2D eigenvalue weighted by Crippen LogP contribution is -2.23. The fourth-order valence-electron chi connectivity index (χ4n) is 3.30. The summed E-state index contributed by atoms with van der Waals surface area (Å²) in [5.41, 5.74) is 1.43. The van der Waals surface area contributed by atoms with Crippen LogP contribution in [0.15, 0.2) is 72.1 Å². The molecular formula is C26H20ClF3N2O3S. The predicted octanol–water partition coefficient (Wildman–Crippen LogP) is 7.00. The number of carbonyl (C=O) groups is 1. The lowest BCUT2D eigenvalue weighted by molar-refractivity contribution is -0.137. The SMILES string of the molecule is COc1cc(-c2nc(C(=O)NCc3cccc(C(F)(F)F)c3)cs2)ccc1OCc1ccc(Cl)cc1. The molecule has 0 unspecified atom stereocenters. The Morgan fingerprint density at radius 2 is 1.81 bits per heavy atom. The van der Waals surface area contributed by atoms with Crippen molar-refractivity contribution in [2.24, 2.45) is 0 Å². The van der Waals surface area contributed by atoms with Gasteiger partial charge in [0.05, 0.1) is 12.7 Å². The third-order valence-electron chi connectivity index (χ3n) is 5.16. The molecule has 186 valence electrons. The van der Waals surface area contributed by atoms with Crippen molar-refractivity contribution in [1.82, 2.24) is 10.3 Å². The molecule has 3 aromatic carbocycles. The second-order valence-corrected chi connectivity index (χ2v) is 8.99. The average Bonchev–Trinajstić information content (AvgIpc) is 3.37. The Morgan fingerprint density at radius 1 is 1.03 bits per heavy atom. The van der Waals surface area contributed by atoms with Crippen LogP contribution in [-0.4, -0.2) is 18.0 Å². The molecule has 0 fully saturated rings. The molecule has 1 amide bonds. The van der Waals surface area contributed by atoms with Gasteiger partial charge in [0.25, 0.3) is 5.91 Å². The van der Waals surface area contributed by atoms with Gasteiger partial charge < -0.3 is 14.8 Å². The minimum absolute atomic E-state index is 0.0525. The minimum atomic E-state index is -4.44. The van der Waals surface area contributed by atoms with Gasteiger partial charge >= 0.3 is 6.18 Å². The van der Waals surface area contributed by atoms with Crippen LogP contribution in [0.5, 0.6) is 11.5 Å². The number of thiazole rings is 1. The molecule has 5 nitrogen and oxygen atoms in total. The van der Waals surface area contributed by atoms with E-state index in [4.69, 9.17) is 21.1 Å². The average molecular weight is 533 g/mol. The number of benzene rings is 3. The van der Waals surface area contributed by atoms with E-state index in [9.17, 15) is 18.0 Å². The van der Waals surface area contributed by atoms with E-state index in [0.717, 1.165) is 23.3 Å². The molecule has 0 saturated heterocycles. The topological polar surface area (TPSA) is 60.5 Å².